The number of hydrogen-bond acceptors (Lipinski definition) is 2. The quantitative estimate of drug-likeness (QED) is 0.840. The first-order valence-corrected chi connectivity index (χ1v) is 8.41. The van der Waals surface area contributed by atoms with Gasteiger partial charge in [0, 0.05) is 17.6 Å². The highest BCUT2D eigenvalue weighted by Gasteiger charge is 2.31. The van der Waals surface area contributed by atoms with Crippen LogP contribution in [0.25, 0.3) is 0 Å². The van der Waals surface area contributed by atoms with E-state index >= 15 is 0 Å². The first-order valence-electron chi connectivity index (χ1n) is 8.41. The highest BCUT2D eigenvalue weighted by molar-refractivity contribution is 5.35. The molecule has 3 unspecified atom stereocenters. The van der Waals surface area contributed by atoms with Crippen LogP contribution in [0.3, 0.4) is 0 Å². The minimum atomic E-state index is 0.331. The molecule has 1 N–H and O–H groups in total. The molecule has 0 bridgehead atoms. The van der Waals surface area contributed by atoms with Gasteiger partial charge in [0.2, 0.25) is 0 Å². The van der Waals surface area contributed by atoms with Crippen molar-refractivity contribution in [2.24, 2.45) is 17.8 Å². The minimum Gasteiger partial charge on any atom is -0.496 e. The van der Waals surface area contributed by atoms with Crippen molar-refractivity contribution in [3.8, 4) is 5.75 Å². The highest BCUT2D eigenvalue weighted by Crippen LogP contribution is 2.35. The lowest BCUT2D eigenvalue weighted by Gasteiger charge is -2.39. The van der Waals surface area contributed by atoms with Gasteiger partial charge in [-0.25, -0.2) is 0 Å². The maximum absolute atomic E-state index is 5.51. The molecule has 0 saturated heterocycles. The Morgan fingerprint density at radius 1 is 1.14 bits per heavy atom. The molecular formula is C19H31NO. The third kappa shape index (κ3) is 4.00. The van der Waals surface area contributed by atoms with Crippen molar-refractivity contribution in [3.05, 3.63) is 29.8 Å². The van der Waals surface area contributed by atoms with Gasteiger partial charge in [-0.3, -0.25) is 0 Å². The molecule has 1 aliphatic rings. The van der Waals surface area contributed by atoms with Gasteiger partial charge in [-0.1, -0.05) is 45.4 Å². The predicted octanol–water partition coefficient (Wildman–Crippen LogP) is 4.81. The maximum atomic E-state index is 5.51. The SMILES string of the molecule is COc1ccccc1[C@H](C)NC1CC(C)CCC1C(C)C. The van der Waals surface area contributed by atoms with E-state index in [0.717, 1.165) is 23.5 Å². The molecule has 0 heterocycles. The zero-order valence-corrected chi connectivity index (χ0v) is 14.2. The molecule has 0 spiro atoms. The van der Waals surface area contributed by atoms with E-state index < -0.39 is 0 Å². The van der Waals surface area contributed by atoms with Crippen molar-refractivity contribution < 1.29 is 4.74 Å². The van der Waals surface area contributed by atoms with Gasteiger partial charge in [-0.2, -0.15) is 0 Å². The number of hydrogen-bond donors (Lipinski definition) is 1. The van der Waals surface area contributed by atoms with Crippen LogP contribution in [0.1, 0.15) is 58.6 Å². The Labute approximate surface area is 130 Å². The number of para-hydroxylation sites is 1. The fraction of sp³-hybridized carbons (Fsp3) is 0.684. The normalized spacial score (nSPS) is 27.6. The van der Waals surface area contributed by atoms with Gasteiger partial charge >= 0.3 is 0 Å². The van der Waals surface area contributed by atoms with Gasteiger partial charge < -0.3 is 10.1 Å². The van der Waals surface area contributed by atoms with Crippen LogP contribution >= 0.6 is 0 Å². The molecule has 0 aromatic heterocycles. The van der Waals surface area contributed by atoms with Gasteiger partial charge in [-0.05, 0) is 43.6 Å². The van der Waals surface area contributed by atoms with E-state index in [2.05, 4.69) is 51.2 Å². The Balaban J connectivity index is 2.10. The molecule has 2 nitrogen and oxygen atoms in total. The summed E-state index contributed by atoms with van der Waals surface area (Å²) >= 11 is 0. The molecule has 0 aliphatic heterocycles. The minimum absolute atomic E-state index is 0.331. The Kier molecular flexibility index (Phi) is 5.69. The third-order valence-corrected chi connectivity index (χ3v) is 5.09. The number of nitrogens with one attached hydrogen (secondary N) is 1. The zero-order valence-electron chi connectivity index (χ0n) is 14.2. The molecule has 21 heavy (non-hydrogen) atoms. The first-order chi connectivity index (χ1) is 10.0. The number of rotatable bonds is 5. The van der Waals surface area contributed by atoms with Gasteiger partial charge in [0.25, 0.3) is 0 Å². The summed E-state index contributed by atoms with van der Waals surface area (Å²) in [6, 6.07) is 9.31. The van der Waals surface area contributed by atoms with Crippen molar-refractivity contribution in [2.45, 2.75) is 59.0 Å². The Hall–Kier alpha value is -1.02. The second-order valence-electron chi connectivity index (χ2n) is 7.06. The zero-order chi connectivity index (χ0) is 15.4. The molecule has 1 fully saturated rings. The summed E-state index contributed by atoms with van der Waals surface area (Å²) in [5.41, 5.74) is 1.26. The summed E-state index contributed by atoms with van der Waals surface area (Å²) < 4.78 is 5.51. The first kappa shape index (κ1) is 16.4. The van der Waals surface area contributed by atoms with E-state index in [1.807, 2.05) is 6.07 Å². The summed E-state index contributed by atoms with van der Waals surface area (Å²) in [6.45, 7) is 9.37. The Morgan fingerprint density at radius 3 is 2.52 bits per heavy atom. The van der Waals surface area contributed by atoms with E-state index in [1.165, 1.54) is 24.8 Å². The second-order valence-corrected chi connectivity index (χ2v) is 7.06. The average Bonchev–Trinajstić information content (AvgIpc) is 2.46. The van der Waals surface area contributed by atoms with Crippen LogP contribution in [0.15, 0.2) is 24.3 Å². The number of methoxy groups -OCH3 is 1. The summed E-state index contributed by atoms with van der Waals surface area (Å²) in [5, 5.41) is 3.89. The van der Waals surface area contributed by atoms with Crippen molar-refractivity contribution in [1.29, 1.82) is 0 Å². The molecule has 4 atom stereocenters. The Morgan fingerprint density at radius 2 is 1.86 bits per heavy atom. The van der Waals surface area contributed by atoms with E-state index in [1.54, 1.807) is 7.11 Å². The van der Waals surface area contributed by atoms with Crippen LogP contribution in [-0.2, 0) is 0 Å². The molecule has 118 valence electrons. The fourth-order valence-corrected chi connectivity index (χ4v) is 3.83. The van der Waals surface area contributed by atoms with Crippen LogP contribution in [0.2, 0.25) is 0 Å². The molecule has 1 aromatic rings. The van der Waals surface area contributed by atoms with E-state index in [9.17, 15) is 0 Å². The molecule has 1 aliphatic carbocycles. The molecule has 1 saturated carbocycles. The smallest absolute Gasteiger partial charge is 0.123 e. The predicted molar refractivity (Wildman–Crippen MR) is 89.7 cm³/mol. The summed E-state index contributed by atoms with van der Waals surface area (Å²) in [5.74, 6) is 3.36. The number of benzene rings is 1. The lowest BCUT2D eigenvalue weighted by atomic mass is 9.73. The van der Waals surface area contributed by atoms with Crippen LogP contribution < -0.4 is 10.1 Å². The van der Waals surface area contributed by atoms with Crippen LogP contribution in [0, 0.1) is 17.8 Å². The Bertz CT molecular complexity index is 443. The van der Waals surface area contributed by atoms with Crippen LogP contribution in [0.4, 0.5) is 0 Å². The number of ether oxygens (including phenoxy) is 1. The summed E-state index contributed by atoms with van der Waals surface area (Å²) in [6.07, 6.45) is 4.03. The van der Waals surface area contributed by atoms with Gasteiger partial charge in [0.05, 0.1) is 7.11 Å². The molecule has 0 radical (unpaired) electrons. The molecule has 2 rings (SSSR count). The lowest BCUT2D eigenvalue weighted by Crippen LogP contribution is -2.43. The van der Waals surface area contributed by atoms with Crippen LogP contribution in [0.5, 0.6) is 5.75 Å². The van der Waals surface area contributed by atoms with Gasteiger partial charge in [0.15, 0.2) is 0 Å². The maximum Gasteiger partial charge on any atom is 0.123 e. The van der Waals surface area contributed by atoms with Crippen LogP contribution in [-0.4, -0.2) is 13.2 Å². The summed E-state index contributed by atoms with van der Waals surface area (Å²) in [7, 11) is 1.76. The topological polar surface area (TPSA) is 21.3 Å². The van der Waals surface area contributed by atoms with Crippen molar-refractivity contribution in [2.75, 3.05) is 7.11 Å². The second kappa shape index (κ2) is 7.31. The lowest BCUT2D eigenvalue weighted by molar-refractivity contribution is 0.160. The molecular weight excluding hydrogens is 258 g/mol. The van der Waals surface area contributed by atoms with Crippen molar-refractivity contribution in [1.82, 2.24) is 5.32 Å². The molecule has 1 aromatic carbocycles. The average molecular weight is 289 g/mol. The van der Waals surface area contributed by atoms with Crippen molar-refractivity contribution in [3.63, 3.8) is 0 Å². The third-order valence-electron chi connectivity index (χ3n) is 5.09. The fourth-order valence-electron chi connectivity index (χ4n) is 3.83. The standard InChI is InChI=1S/C19H31NO/c1-13(2)16-11-10-14(3)12-18(16)20-15(4)17-8-6-7-9-19(17)21-5/h6-9,13-16,18,20H,10-12H2,1-5H3/t14?,15-,16?,18?/m0/s1. The molecule has 2 heteroatoms. The van der Waals surface area contributed by atoms with Gasteiger partial charge in [-0.15, -0.1) is 0 Å². The highest BCUT2D eigenvalue weighted by atomic mass is 16.5. The van der Waals surface area contributed by atoms with E-state index in [0.29, 0.717) is 12.1 Å². The van der Waals surface area contributed by atoms with E-state index in [-0.39, 0.29) is 0 Å². The van der Waals surface area contributed by atoms with Crippen molar-refractivity contribution >= 4 is 0 Å². The monoisotopic (exact) mass is 289 g/mol. The largest absolute Gasteiger partial charge is 0.496 e. The molecule has 0 amide bonds. The van der Waals surface area contributed by atoms with Gasteiger partial charge in [0.1, 0.15) is 5.75 Å². The summed E-state index contributed by atoms with van der Waals surface area (Å²) in [4.78, 5) is 0. The van der Waals surface area contributed by atoms with E-state index in [4.69, 9.17) is 4.74 Å².